The van der Waals surface area contributed by atoms with Crippen LogP contribution in [0.3, 0.4) is 0 Å². The normalized spacial score (nSPS) is 16.1. The van der Waals surface area contributed by atoms with Gasteiger partial charge in [-0.25, -0.2) is 4.98 Å². The molecule has 3 aromatic rings. The second-order valence-electron chi connectivity index (χ2n) is 6.99. The maximum atomic E-state index is 6.06. The standard InChI is InChI=1S/C19H23ClN6O/c1-14-3-5-15(6-4-14)19-22-18(27-23-19)13-26-9-7-25(8-10-26)12-17-21-11-16(20)24(17)2/h3-6,11H,7-10,12-13H2,1-2H3. The summed E-state index contributed by atoms with van der Waals surface area (Å²) in [4.78, 5) is 13.7. The molecule has 1 aromatic carbocycles. The summed E-state index contributed by atoms with van der Waals surface area (Å²) in [6.45, 7) is 7.43. The summed E-state index contributed by atoms with van der Waals surface area (Å²) < 4.78 is 7.38. The molecule has 0 bridgehead atoms. The average Bonchev–Trinajstić information content (AvgIpc) is 3.26. The lowest BCUT2D eigenvalue weighted by Gasteiger charge is -2.33. The SMILES string of the molecule is Cc1ccc(-c2noc(CN3CCN(Cc4ncc(Cl)n4C)CC3)n2)cc1. The summed E-state index contributed by atoms with van der Waals surface area (Å²) in [6, 6.07) is 8.15. The van der Waals surface area contributed by atoms with E-state index in [-0.39, 0.29) is 0 Å². The minimum Gasteiger partial charge on any atom is -0.338 e. The zero-order valence-corrected chi connectivity index (χ0v) is 16.4. The van der Waals surface area contributed by atoms with Gasteiger partial charge in [-0.1, -0.05) is 46.6 Å². The van der Waals surface area contributed by atoms with Gasteiger partial charge in [-0.3, -0.25) is 9.80 Å². The lowest BCUT2D eigenvalue weighted by molar-refractivity contribution is 0.109. The summed E-state index contributed by atoms with van der Waals surface area (Å²) >= 11 is 6.06. The maximum absolute atomic E-state index is 6.06. The van der Waals surface area contributed by atoms with Crippen molar-refractivity contribution in [2.24, 2.45) is 7.05 Å². The van der Waals surface area contributed by atoms with Gasteiger partial charge in [0.1, 0.15) is 11.0 Å². The van der Waals surface area contributed by atoms with Gasteiger partial charge in [-0.05, 0) is 6.92 Å². The Kier molecular flexibility index (Phi) is 5.24. The van der Waals surface area contributed by atoms with Crippen LogP contribution in [0, 0.1) is 6.92 Å². The van der Waals surface area contributed by atoms with E-state index in [9.17, 15) is 0 Å². The molecule has 0 atom stereocenters. The molecular weight excluding hydrogens is 364 g/mol. The van der Waals surface area contributed by atoms with Crippen LogP contribution in [0.15, 0.2) is 35.0 Å². The molecule has 7 nitrogen and oxygen atoms in total. The van der Waals surface area contributed by atoms with Gasteiger partial charge in [0, 0.05) is 38.8 Å². The Labute approximate surface area is 163 Å². The first kappa shape index (κ1) is 18.2. The highest BCUT2D eigenvalue weighted by Crippen LogP contribution is 2.18. The molecule has 0 unspecified atom stereocenters. The Bertz CT molecular complexity index is 895. The molecule has 0 aliphatic carbocycles. The predicted molar refractivity (Wildman–Crippen MR) is 103 cm³/mol. The molecule has 142 valence electrons. The van der Waals surface area contributed by atoms with Gasteiger partial charge in [0.2, 0.25) is 11.7 Å². The van der Waals surface area contributed by atoms with Crippen LogP contribution in [-0.2, 0) is 20.1 Å². The number of aromatic nitrogens is 4. The van der Waals surface area contributed by atoms with Crippen molar-refractivity contribution in [1.29, 1.82) is 0 Å². The Morgan fingerprint density at radius 2 is 1.70 bits per heavy atom. The number of imidazole rings is 1. The zero-order chi connectivity index (χ0) is 18.8. The van der Waals surface area contributed by atoms with Crippen LogP contribution in [0.5, 0.6) is 0 Å². The molecule has 4 rings (SSSR count). The largest absolute Gasteiger partial charge is 0.338 e. The summed E-state index contributed by atoms with van der Waals surface area (Å²) in [5.74, 6) is 2.30. The van der Waals surface area contributed by atoms with Crippen molar-refractivity contribution in [3.8, 4) is 11.4 Å². The Balaban J connectivity index is 1.30. The molecule has 0 N–H and O–H groups in total. The monoisotopic (exact) mass is 386 g/mol. The van der Waals surface area contributed by atoms with E-state index in [1.165, 1.54) is 5.56 Å². The Hall–Kier alpha value is -2.22. The number of halogens is 1. The number of hydrogen-bond donors (Lipinski definition) is 0. The summed E-state index contributed by atoms with van der Waals surface area (Å²) in [7, 11) is 1.95. The fraction of sp³-hybridized carbons (Fsp3) is 0.421. The minimum atomic E-state index is 0.648. The molecule has 2 aromatic heterocycles. The fourth-order valence-electron chi connectivity index (χ4n) is 3.21. The number of benzene rings is 1. The van der Waals surface area contributed by atoms with E-state index in [0.29, 0.717) is 23.4 Å². The molecule has 3 heterocycles. The van der Waals surface area contributed by atoms with Gasteiger partial charge >= 0.3 is 0 Å². The van der Waals surface area contributed by atoms with Crippen LogP contribution >= 0.6 is 11.6 Å². The molecule has 0 spiro atoms. The molecule has 8 heteroatoms. The molecule has 1 aliphatic heterocycles. The first-order valence-corrected chi connectivity index (χ1v) is 9.47. The van der Waals surface area contributed by atoms with E-state index in [2.05, 4.69) is 44.0 Å². The second kappa shape index (κ2) is 7.80. The average molecular weight is 387 g/mol. The summed E-state index contributed by atoms with van der Waals surface area (Å²) in [5.41, 5.74) is 2.20. The number of hydrogen-bond acceptors (Lipinski definition) is 6. The topological polar surface area (TPSA) is 63.2 Å². The predicted octanol–water partition coefficient (Wildman–Crippen LogP) is 2.75. The highest BCUT2D eigenvalue weighted by atomic mass is 35.5. The highest BCUT2D eigenvalue weighted by Gasteiger charge is 2.21. The van der Waals surface area contributed by atoms with Crippen molar-refractivity contribution in [3.05, 3.63) is 52.9 Å². The van der Waals surface area contributed by atoms with Crippen molar-refractivity contribution >= 4 is 11.6 Å². The number of nitrogens with zero attached hydrogens (tertiary/aromatic N) is 6. The van der Waals surface area contributed by atoms with E-state index in [0.717, 1.165) is 44.1 Å². The van der Waals surface area contributed by atoms with Crippen LogP contribution in [0.2, 0.25) is 5.15 Å². The van der Waals surface area contributed by atoms with Crippen LogP contribution in [0.4, 0.5) is 0 Å². The molecule has 0 amide bonds. The van der Waals surface area contributed by atoms with Gasteiger partial charge in [-0.2, -0.15) is 4.98 Å². The van der Waals surface area contributed by atoms with E-state index < -0.39 is 0 Å². The Morgan fingerprint density at radius 3 is 2.33 bits per heavy atom. The van der Waals surface area contributed by atoms with Crippen molar-refractivity contribution in [2.45, 2.75) is 20.0 Å². The molecule has 1 fully saturated rings. The van der Waals surface area contributed by atoms with Crippen LogP contribution < -0.4 is 0 Å². The third kappa shape index (κ3) is 4.21. The van der Waals surface area contributed by atoms with Crippen LogP contribution in [-0.4, -0.2) is 55.7 Å². The zero-order valence-electron chi connectivity index (χ0n) is 15.6. The van der Waals surface area contributed by atoms with Gasteiger partial charge in [-0.15, -0.1) is 0 Å². The van der Waals surface area contributed by atoms with Crippen LogP contribution in [0.1, 0.15) is 17.3 Å². The van der Waals surface area contributed by atoms with E-state index in [1.807, 2.05) is 23.7 Å². The third-order valence-corrected chi connectivity index (χ3v) is 5.35. The van der Waals surface area contributed by atoms with Gasteiger partial charge < -0.3 is 9.09 Å². The van der Waals surface area contributed by atoms with E-state index in [4.69, 9.17) is 16.1 Å². The summed E-state index contributed by atoms with van der Waals surface area (Å²) in [5, 5.41) is 4.79. The lowest BCUT2D eigenvalue weighted by Crippen LogP contribution is -2.45. The Morgan fingerprint density at radius 1 is 1.04 bits per heavy atom. The van der Waals surface area contributed by atoms with Crippen LogP contribution in [0.25, 0.3) is 11.4 Å². The molecular formula is C19H23ClN6O. The molecule has 0 saturated carbocycles. The van der Waals surface area contributed by atoms with Gasteiger partial charge in [0.05, 0.1) is 19.3 Å². The molecule has 27 heavy (non-hydrogen) atoms. The number of rotatable bonds is 5. The van der Waals surface area contributed by atoms with E-state index in [1.54, 1.807) is 6.20 Å². The van der Waals surface area contributed by atoms with Gasteiger partial charge in [0.25, 0.3) is 0 Å². The molecule has 0 radical (unpaired) electrons. The molecule has 1 aliphatic rings. The molecule has 1 saturated heterocycles. The van der Waals surface area contributed by atoms with Crippen molar-refractivity contribution < 1.29 is 4.52 Å². The fourth-order valence-corrected chi connectivity index (χ4v) is 3.35. The number of piperazine rings is 1. The highest BCUT2D eigenvalue weighted by molar-refractivity contribution is 6.29. The second-order valence-corrected chi connectivity index (χ2v) is 7.37. The van der Waals surface area contributed by atoms with Crippen molar-refractivity contribution in [3.63, 3.8) is 0 Å². The quantitative estimate of drug-likeness (QED) is 0.671. The summed E-state index contributed by atoms with van der Waals surface area (Å²) in [6.07, 6.45) is 1.70. The van der Waals surface area contributed by atoms with E-state index >= 15 is 0 Å². The smallest absolute Gasteiger partial charge is 0.241 e. The van der Waals surface area contributed by atoms with Crippen molar-refractivity contribution in [1.82, 2.24) is 29.5 Å². The first-order valence-electron chi connectivity index (χ1n) is 9.09. The number of aryl methyl sites for hydroxylation is 1. The van der Waals surface area contributed by atoms with Crippen molar-refractivity contribution in [2.75, 3.05) is 26.2 Å². The van der Waals surface area contributed by atoms with Gasteiger partial charge in [0.15, 0.2) is 0 Å². The minimum absolute atomic E-state index is 0.648. The maximum Gasteiger partial charge on any atom is 0.241 e. The third-order valence-electron chi connectivity index (χ3n) is 4.99. The first-order chi connectivity index (χ1) is 13.1. The lowest BCUT2D eigenvalue weighted by atomic mass is 10.1.